The second kappa shape index (κ2) is 10.5. The van der Waals surface area contributed by atoms with Crippen molar-refractivity contribution in [2.24, 2.45) is 5.92 Å². The molecule has 30 heavy (non-hydrogen) atoms. The Morgan fingerprint density at radius 1 is 1.07 bits per heavy atom. The predicted octanol–water partition coefficient (Wildman–Crippen LogP) is 2.95. The zero-order chi connectivity index (χ0) is 22.3. The molecule has 2 N–H and O–H groups in total. The van der Waals surface area contributed by atoms with Crippen molar-refractivity contribution in [1.82, 2.24) is 10.3 Å². The van der Waals surface area contributed by atoms with Crippen LogP contribution in [0.15, 0.2) is 42.6 Å². The number of para-hydroxylation sites is 1. The number of hydrogen-bond acceptors (Lipinski definition) is 7. The molecule has 0 saturated carbocycles. The summed E-state index contributed by atoms with van der Waals surface area (Å²) in [6.07, 6.45) is 0.399. The van der Waals surface area contributed by atoms with Crippen molar-refractivity contribution >= 4 is 11.9 Å². The van der Waals surface area contributed by atoms with Crippen molar-refractivity contribution in [2.75, 3.05) is 7.11 Å². The molecule has 1 amide bonds. The third kappa shape index (κ3) is 5.85. The minimum Gasteiger partial charge on any atom is -0.503 e. The van der Waals surface area contributed by atoms with E-state index in [2.05, 4.69) is 10.3 Å². The van der Waals surface area contributed by atoms with E-state index < -0.39 is 29.8 Å². The quantitative estimate of drug-likeness (QED) is 0.605. The highest BCUT2D eigenvalue weighted by Gasteiger charge is 2.29. The molecule has 8 heteroatoms. The molecule has 3 atom stereocenters. The average Bonchev–Trinajstić information content (AvgIpc) is 2.72. The number of aromatic hydroxyl groups is 1. The van der Waals surface area contributed by atoms with Gasteiger partial charge in [-0.25, -0.2) is 9.78 Å². The van der Waals surface area contributed by atoms with Crippen LogP contribution in [0.4, 0.5) is 0 Å². The van der Waals surface area contributed by atoms with E-state index in [9.17, 15) is 14.7 Å². The second-order valence-corrected chi connectivity index (χ2v) is 7.19. The Morgan fingerprint density at radius 2 is 1.73 bits per heavy atom. The molecule has 0 bridgehead atoms. The van der Waals surface area contributed by atoms with Crippen LogP contribution >= 0.6 is 0 Å². The minimum atomic E-state index is -0.961. The molecule has 2 rings (SSSR count). The van der Waals surface area contributed by atoms with Gasteiger partial charge in [0.05, 0.1) is 7.11 Å². The van der Waals surface area contributed by atoms with Crippen LogP contribution < -0.4 is 14.8 Å². The van der Waals surface area contributed by atoms with Gasteiger partial charge < -0.3 is 24.6 Å². The molecule has 1 aromatic heterocycles. The van der Waals surface area contributed by atoms with Crippen molar-refractivity contribution in [2.45, 2.75) is 45.9 Å². The van der Waals surface area contributed by atoms with E-state index in [1.54, 1.807) is 6.92 Å². The van der Waals surface area contributed by atoms with Crippen LogP contribution in [-0.4, -0.2) is 47.3 Å². The molecule has 0 aliphatic heterocycles. The van der Waals surface area contributed by atoms with Crippen LogP contribution in [0.3, 0.4) is 0 Å². The molecule has 1 aromatic carbocycles. The number of carbonyl (C=O) groups excluding carboxylic acids is 2. The van der Waals surface area contributed by atoms with Gasteiger partial charge in [-0.15, -0.1) is 0 Å². The van der Waals surface area contributed by atoms with Crippen LogP contribution in [0, 0.1) is 5.92 Å². The van der Waals surface area contributed by atoms with Crippen LogP contribution in [0.1, 0.15) is 38.2 Å². The molecule has 162 valence electrons. The molecule has 0 unspecified atom stereocenters. The average molecular weight is 416 g/mol. The predicted molar refractivity (Wildman–Crippen MR) is 111 cm³/mol. The summed E-state index contributed by atoms with van der Waals surface area (Å²) < 4.78 is 16.5. The third-order valence-electron chi connectivity index (χ3n) is 4.46. The highest BCUT2D eigenvalue weighted by molar-refractivity contribution is 5.97. The van der Waals surface area contributed by atoms with E-state index in [1.807, 2.05) is 44.2 Å². The summed E-state index contributed by atoms with van der Waals surface area (Å²) in [6, 6.07) is 9.74. The lowest BCUT2D eigenvalue weighted by atomic mass is 10.0. The molecule has 0 spiro atoms. The number of hydrogen-bond donors (Lipinski definition) is 2. The van der Waals surface area contributed by atoms with E-state index in [-0.39, 0.29) is 23.5 Å². The smallest absolute Gasteiger partial charge is 0.328 e. The van der Waals surface area contributed by atoms with Gasteiger partial charge in [-0.3, -0.25) is 4.79 Å². The zero-order valence-corrected chi connectivity index (χ0v) is 17.8. The number of methoxy groups -OCH3 is 1. The number of aromatic nitrogens is 1. The number of benzene rings is 1. The summed E-state index contributed by atoms with van der Waals surface area (Å²) in [5, 5.41) is 12.5. The molecule has 0 radical (unpaired) electrons. The first-order valence-electron chi connectivity index (χ1n) is 9.69. The molecular weight excluding hydrogens is 388 g/mol. The Bertz CT molecular complexity index is 856. The topological polar surface area (TPSA) is 107 Å². The SMILES string of the molecule is COc1ccnc(C(=O)N[C@H](C)C(=O)O[C@H](C)[C@@H](Oc2ccccc2)C(C)C)c1O. The van der Waals surface area contributed by atoms with E-state index >= 15 is 0 Å². The van der Waals surface area contributed by atoms with Gasteiger partial charge >= 0.3 is 5.97 Å². The molecule has 1 heterocycles. The van der Waals surface area contributed by atoms with Crippen molar-refractivity contribution in [3.63, 3.8) is 0 Å². The molecule has 0 fully saturated rings. The Morgan fingerprint density at radius 3 is 2.33 bits per heavy atom. The summed E-state index contributed by atoms with van der Waals surface area (Å²) in [5.41, 5.74) is -0.241. The first kappa shape index (κ1) is 23.0. The van der Waals surface area contributed by atoms with E-state index in [0.717, 1.165) is 0 Å². The van der Waals surface area contributed by atoms with Gasteiger partial charge in [0, 0.05) is 12.3 Å². The van der Waals surface area contributed by atoms with Gasteiger partial charge in [-0.1, -0.05) is 32.0 Å². The van der Waals surface area contributed by atoms with Crippen LogP contribution in [0.5, 0.6) is 17.2 Å². The van der Waals surface area contributed by atoms with Gasteiger partial charge in [0.25, 0.3) is 5.91 Å². The Balaban J connectivity index is 2.00. The Labute approximate surface area is 176 Å². The van der Waals surface area contributed by atoms with E-state index in [0.29, 0.717) is 5.75 Å². The van der Waals surface area contributed by atoms with Crippen molar-refractivity contribution in [1.29, 1.82) is 0 Å². The lowest BCUT2D eigenvalue weighted by Gasteiger charge is -2.29. The second-order valence-electron chi connectivity index (χ2n) is 7.19. The molecular formula is C22H28N2O6. The minimum absolute atomic E-state index is 0.0795. The lowest BCUT2D eigenvalue weighted by Crippen LogP contribution is -2.44. The number of nitrogens with one attached hydrogen (secondary N) is 1. The highest BCUT2D eigenvalue weighted by Crippen LogP contribution is 2.27. The highest BCUT2D eigenvalue weighted by atomic mass is 16.6. The van der Waals surface area contributed by atoms with E-state index in [4.69, 9.17) is 14.2 Å². The van der Waals surface area contributed by atoms with Gasteiger partial charge in [0.2, 0.25) is 0 Å². The summed E-state index contributed by atoms with van der Waals surface area (Å²) in [5.74, 6) is -0.875. The van der Waals surface area contributed by atoms with E-state index in [1.165, 1.54) is 26.3 Å². The number of pyridine rings is 1. The molecule has 0 aliphatic carbocycles. The fraction of sp³-hybridized carbons (Fsp3) is 0.409. The largest absolute Gasteiger partial charge is 0.503 e. The molecule has 0 aliphatic rings. The normalized spacial score (nSPS) is 13.8. The molecule has 8 nitrogen and oxygen atoms in total. The maximum Gasteiger partial charge on any atom is 0.328 e. The van der Waals surface area contributed by atoms with Gasteiger partial charge in [0.1, 0.15) is 24.0 Å². The molecule has 0 saturated heterocycles. The van der Waals surface area contributed by atoms with Crippen LogP contribution in [0.2, 0.25) is 0 Å². The van der Waals surface area contributed by atoms with Crippen LogP contribution in [0.25, 0.3) is 0 Å². The Kier molecular flexibility index (Phi) is 8.03. The monoisotopic (exact) mass is 416 g/mol. The number of ether oxygens (including phenoxy) is 3. The summed E-state index contributed by atoms with van der Waals surface area (Å²) >= 11 is 0. The fourth-order valence-electron chi connectivity index (χ4n) is 2.87. The number of amides is 1. The maximum atomic E-state index is 12.5. The number of rotatable bonds is 9. The fourth-order valence-corrected chi connectivity index (χ4v) is 2.87. The summed E-state index contributed by atoms with van der Waals surface area (Å²) in [4.78, 5) is 28.7. The lowest BCUT2D eigenvalue weighted by molar-refractivity contribution is -0.155. The number of esters is 1. The maximum absolute atomic E-state index is 12.5. The van der Waals surface area contributed by atoms with Crippen molar-refractivity contribution in [3.8, 4) is 17.2 Å². The van der Waals surface area contributed by atoms with Gasteiger partial charge in [-0.2, -0.15) is 0 Å². The number of carbonyl (C=O) groups is 2. The molecule has 2 aromatic rings. The summed E-state index contributed by atoms with van der Waals surface area (Å²) in [6.45, 7) is 7.18. The van der Waals surface area contributed by atoms with Gasteiger partial charge in [-0.05, 0) is 31.9 Å². The van der Waals surface area contributed by atoms with Crippen molar-refractivity contribution < 1.29 is 28.9 Å². The number of nitrogens with zero attached hydrogens (tertiary/aromatic N) is 1. The van der Waals surface area contributed by atoms with Crippen LogP contribution in [-0.2, 0) is 9.53 Å². The van der Waals surface area contributed by atoms with Gasteiger partial charge in [0.15, 0.2) is 17.2 Å². The first-order valence-corrected chi connectivity index (χ1v) is 9.69. The first-order chi connectivity index (χ1) is 14.2. The third-order valence-corrected chi connectivity index (χ3v) is 4.46. The zero-order valence-electron chi connectivity index (χ0n) is 17.8. The standard InChI is InChI=1S/C22H28N2O6/c1-13(2)20(30-16-9-7-6-8-10-16)15(4)29-22(27)14(3)24-21(26)18-19(25)17(28-5)11-12-23-18/h6-15,20,25H,1-5H3,(H,24,26)/t14-,15-,20+/m1/s1. The van der Waals surface area contributed by atoms with Crippen molar-refractivity contribution in [3.05, 3.63) is 48.3 Å². The Hall–Kier alpha value is -3.29. The summed E-state index contributed by atoms with van der Waals surface area (Å²) in [7, 11) is 1.36.